The van der Waals surface area contributed by atoms with Gasteiger partial charge in [0, 0.05) is 42.5 Å². The Kier molecular flexibility index (Phi) is 8.76. The molecule has 240 valence electrons. The van der Waals surface area contributed by atoms with Crippen LogP contribution in [0.15, 0.2) is 30.4 Å². The lowest BCUT2D eigenvalue weighted by Gasteiger charge is -2.42. The number of carbonyl (C=O) groups excluding carboxylic acids is 4. The van der Waals surface area contributed by atoms with Crippen LogP contribution in [-0.4, -0.2) is 81.3 Å². The van der Waals surface area contributed by atoms with Gasteiger partial charge in [0.05, 0.1) is 48.2 Å². The fourth-order valence-corrected chi connectivity index (χ4v) is 6.78. The summed E-state index contributed by atoms with van der Waals surface area (Å²) >= 11 is 0. The van der Waals surface area contributed by atoms with E-state index in [9.17, 15) is 39.6 Å². The number of carbonyl (C=O) groups is 4. The van der Waals surface area contributed by atoms with Crippen LogP contribution in [0.2, 0.25) is 0 Å². The summed E-state index contributed by atoms with van der Waals surface area (Å²) in [4.78, 5) is 51.5. The predicted octanol–water partition coefficient (Wildman–Crippen LogP) is 2.12. The van der Waals surface area contributed by atoms with E-state index < -0.39 is 53.5 Å². The second-order valence-corrected chi connectivity index (χ2v) is 12.1. The highest BCUT2D eigenvalue weighted by molar-refractivity contribution is 6.31. The van der Waals surface area contributed by atoms with Gasteiger partial charge >= 0.3 is 0 Å². The number of benzene rings is 2. The van der Waals surface area contributed by atoms with Crippen molar-refractivity contribution in [1.29, 1.82) is 0 Å². The number of rotatable bonds is 8. The Morgan fingerprint density at radius 3 is 2.49 bits per heavy atom. The highest BCUT2D eigenvalue weighted by Gasteiger charge is 2.48. The summed E-state index contributed by atoms with van der Waals surface area (Å²) in [5, 5.41) is 50.3. The maximum Gasteiger partial charge on any atom is 0.242 e. The topological polar surface area (TPSA) is 192 Å². The summed E-state index contributed by atoms with van der Waals surface area (Å²) in [6, 6.07) is 3.48. The van der Waals surface area contributed by atoms with Crippen molar-refractivity contribution in [3.8, 4) is 17.2 Å². The number of phenols is 2. The number of aliphatic hydroxyl groups is 2. The SMILES string of the molecule is C=C(CO)[C@@]1(O)Cc2c(O)c3c(c(O)c2[C@@H](OC2CCCC(NC(=O)[C@H](C)NC(C)=O)C2)C1)C(=O)c1c(OC)cccc1C3=O. The van der Waals surface area contributed by atoms with Crippen molar-refractivity contribution in [2.45, 2.75) is 82.3 Å². The maximum atomic E-state index is 13.8. The average Bonchev–Trinajstić information content (AvgIpc) is 3.00. The van der Waals surface area contributed by atoms with Crippen LogP contribution in [0.5, 0.6) is 17.2 Å². The largest absolute Gasteiger partial charge is 0.507 e. The number of amides is 2. The minimum absolute atomic E-state index is 0.00301. The number of ether oxygens (including phenoxy) is 2. The van der Waals surface area contributed by atoms with Gasteiger partial charge in [0.1, 0.15) is 23.3 Å². The molecule has 2 aromatic carbocycles. The van der Waals surface area contributed by atoms with Gasteiger partial charge in [-0.2, -0.15) is 0 Å². The summed E-state index contributed by atoms with van der Waals surface area (Å²) in [7, 11) is 1.35. The van der Waals surface area contributed by atoms with E-state index in [4.69, 9.17) is 9.47 Å². The Morgan fingerprint density at radius 1 is 1.11 bits per heavy atom. The van der Waals surface area contributed by atoms with Gasteiger partial charge in [0.2, 0.25) is 17.6 Å². The first-order valence-corrected chi connectivity index (χ1v) is 14.9. The van der Waals surface area contributed by atoms with Crippen molar-refractivity contribution in [3.63, 3.8) is 0 Å². The molecule has 3 aliphatic rings. The smallest absolute Gasteiger partial charge is 0.242 e. The zero-order valence-corrected chi connectivity index (χ0v) is 25.4. The monoisotopic (exact) mass is 622 g/mol. The predicted molar refractivity (Wildman–Crippen MR) is 160 cm³/mol. The lowest BCUT2D eigenvalue weighted by atomic mass is 9.71. The number of ketones is 2. The summed E-state index contributed by atoms with van der Waals surface area (Å²) in [6.07, 6.45) is 0.286. The van der Waals surface area contributed by atoms with Crippen LogP contribution in [-0.2, 0) is 20.7 Å². The van der Waals surface area contributed by atoms with E-state index in [0.29, 0.717) is 25.7 Å². The van der Waals surface area contributed by atoms with Crippen molar-refractivity contribution < 1.29 is 49.1 Å². The number of hydrogen-bond acceptors (Lipinski definition) is 10. The van der Waals surface area contributed by atoms with Gasteiger partial charge in [-0.05, 0) is 44.2 Å². The lowest BCUT2D eigenvalue weighted by Crippen LogP contribution is -2.49. The fraction of sp³-hybridized carbons (Fsp3) is 0.455. The van der Waals surface area contributed by atoms with Crippen molar-refractivity contribution >= 4 is 23.4 Å². The van der Waals surface area contributed by atoms with Crippen LogP contribution in [0.1, 0.15) is 95.0 Å². The Balaban J connectivity index is 1.54. The molecule has 0 saturated heterocycles. The third kappa shape index (κ3) is 5.69. The molecule has 2 amide bonds. The summed E-state index contributed by atoms with van der Waals surface area (Å²) < 4.78 is 11.8. The standard InChI is InChI=1S/C33H38N2O10/c1-15(14-36)33(43)12-21-25(23(13-33)45-19-8-5-7-18(11-19)35-32(42)16(2)34-17(3)37)31(41)27-26(29(21)39)28(38)20-9-6-10-22(44-4)24(20)30(27)40/h6,9-10,16,18-19,23,36,39,41,43H,1,5,7-8,11-14H2,2-4H3,(H,34,37)(H,35,42)/t16-,18?,19?,23-,33+/m0/s1. The molecule has 12 nitrogen and oxygen atoms in total. The molecule has 0 heterocycles. The Hall–Kier alpha value is -4.26. The van der Waals surface area contributed by atoms with Crippen LogP contribution in [0.25, 0.3) is 0 Å². The minimum atomic E-state index is -1.77. The average molecular weight is 623 g/mol. The van der Waals surface area contributed by atoms with Crippen molar-refractivity contribution in [3.05, 3.63) is 63.7 Å². The second-order valence-electron chi connectivity index (χ2n) is 12.1. The molecule has 2 aromatic rings. The normalized spacial score (nSPS) is 24.5. The zero-order valence-electron chi connectivity index (χ0n) is 25.4. The molecule has 0 bridgehead atoms. The number of nitrogens with one attached hydrogen (secondary N) is 2. The van der Waals surface area contributed by atoms with Gasteiger partial charge in [-0.3, -0.25) is 19.2 Å². The third-order valence-corrected chi connectivity index (χ3v) is 9.07. The highest BCUT2D eigenvalue weighted by atomic mass is 16.5. The summed E-state index contributed by atoms with van der Waals surface area (Å²) in [6.45, 7) is 6.15. The van der Waals surface area contributed by atoms with E-state index in [2.05, 4.69) is 17.2 Å². The molecule has 5 rings (SSSR count). The number of aliphatic hydroxyl groups excluding tert-OH is 1. The van der Waals surface area contributed by atoms with Gasteiger partial charge in [-0.15, -0.1) is 0 Å². The highest BCUT2D eigenvalue weighted by Crippen LogP contribution is 2.53. The number of methoxy groups -OCH3 is 1. The Bertz CT molecular complexity index is 1600. The lowest BCUT2D eigenvalue weighted by molar-refractivity contribution is -0.128. The first-order valence-electron chi connectivity index (χ1n) is 14.9. The first-order chi connectivity index (χ1) is 21.3. The molecule has 6 N–H and O–H groups in total. The quantitative estimate of drug-likeness (QED) is 0.160. The molecular weight excluding hydrogens is 584 g/mol. The molecule has 12 heteroatoms. The number of phenolic OH excluding ortho intramolecular Hbond substituents is 2. The first kappa shape index (κ1) is 32.1. The van der Waals surface area contributed by atoms with Gasteiger partial charge in [-0.1, -0.05) is 18.7 Å². The van der Waals surface area contributed by atoms with E-state index in [1.165, 1.54) is 32.2 Å². The molecular formula is C33H38N2O10. The van der Waals surface area contributed by atoms with Crippen LogP contribution in [0, 0.1) is 0 Å². The molecule has 5 atom stereocenters. The van der Waals surface area contributed by atoms with Gasteiger partial charge < -0.3 is 40.5 Å². The third-order valence-electron chi connectivity index (χ3n) is 9.07. The van der Waals surface area contributed by atoms with Crippen molar-refractivity contribution in [2.24, 2.45) is 0 Å². The Morgan fingerprint density at radius 2 is 1.82 bits per heavy atom. The molecule has 0 aliphatic heterocycles. The molecule has 1 saturated carbocycles. The molecule has 3 aliphatic carbocycles. The van der Waals surface area contributed by atoms with E-state index in [1.807, 2.05) is 0 Å². The van der Waals surface area contributed by atoms with Crippen LogP contribution >= 0.6 is 0 Å². The van der Waals surface area contributed by atoms with Gasteiger partial charge in [-0.25, -0.2) is 0 Å². The Labute approximate surface area is 260 Å². The number of hydrogen-bond donors (Lipinski definition) is 6. The van der Waals surface area contributed by atoms with E-state index in [-0.39, 0.29) is 75.4 Å². The van der Waals surface area contributed by atoms with Crippen LogP contribution in [0.4, 0.5) is 0 Å². The molecule has 2 unspecified atom stereocenters. The molecule has 0 spiro atoms. The van der Waals surface area contributed by atoms with Gasteiger partial charge in [0.15, 0.2) is 5.78 Å². The number of fused-ring (bicyclic) bond motifs is 3. The number of aromatic hydroxyl groups is 2. The van der Waals surface area contributed by atoms with E-state index in [1.54, 1.807) is 6.92 Å². The summed E-state index contributed by atoms with van der Waals surface area (Å²) in [5.74, 6) is -3.05. The van der Waals surface area contributed by atoms with Crippen LogP contribution < -0.4 is 15.4 Å². The van der Waals surface area contributed by atoms with E-state index >= 15 is 0 Å². The molecule has 0 radical (unpaired) electrons. The zero-order chi connectivity index (χ0) is 32.8. The van der Waals surface area contributed by atoms with Gasteiger partial charge in [0.25, 0.3) is 0 Å². The van der Waals surface area contributed by atoms with Crippen molar-refractivity contribution in [1.82, 2.24) is 10.6 Å². The summed E-state index contributed by atoms with van der Waals surface area (Å²) in [5.41, 5.74) is -2.45. The minimum Gasteiger partial charge on any atom is -0.507 e. The molecule has 1 fully saturated rings. The molecule has 45 heavy (non-hydrogen) atoms. The van der Waals surface area contributed by atoms with E-state index in [0.717, 1.165) is 0 Å². The second kappa shape index (κ2) is 12.3. The fourth-order valence-electron chi connectivity index (χ4n) is 6.78. The molecule has 0 aromatic heterocycles. The van der Waals surface area contributed by atoms with Crippen molar-refractivity contribution in [2.75, 3.05) is 13.7 Å². The maximum absolute atomic E-state index is 13.8. The van der Waals surface area contributed by atoms with Crippen LogP contribution in [0.3, 0.4) is 0 Å².